The van der Waals surface area contributed by atoms with Crippen molar-refractivity contribution < 1.29 is 114 Å². The van der Waals surface area contributed by atoms with Gasteiger partial charge in [-0.25, -0.2) is 4.57 Å². The van der Waals surface area contributed by atoms with Gasteiger partial charge in [-0.15, -0.1) is 0 Å². The lowest BCUT2D eigenvalue weighted by molar-refractivity contribution is -0.716. The molecule has 0 N–H and O–H groups in total. The smallest absolute Gasteiger partial charge is 0.235 e. The zero-order valence-corrected chi connectivity index (χ0v) is 20.7. The summed E-state index contributed by atoms with van der Waals surface area (Å²) in [4.78, 5) is 0. The Bertz CT molecular complexity index is 1220. The van der Waals surface area contributed by atoms with Gasteiger partial charge in [0, 0.05) is 0 Å². The summed E-state index contributed by atoms with van der Waals surface area (Å²) >= 11 is 0. The highest BCUT2D eigenvalue weighted by Crippen LogP contribution is 2.68. The Morgan fingerprint density at radius 3 is 0.867 bits per heavy atom. The minimum atomic E-state index is -9.60. The summed E-state index contributed by atoms with van der Waals surface area (Å²) in [5, 5.41) is 0. The quantitative estimate of drug-likeness (QED) is 0.150. The zero-order valence-electron chi connectivity index (χ0n) is 20.7. The number of nitrogens with zero attached hydrogens (tertiary/aromatic N) is 2. The van der Waals surface area contributed by atoms with Gasteiger partial charge in [-0.1, -0.05) is 0 Å². The molecule has 0 aliphatic heterocycles. The Hall–Kier alpha value is -2.54. The maximum Gasteiger partial charge on any atom is 0.469 e. The lowest BCUT2D eigenvalue weighted by atomic mass is 9.85. The molecule has 27 heteroatoms. The number of rotatable bonds is 12. The van der Waals surface area contributed by atoms with Crippen LogP contribution in [0.25, 0.3) is 0 Å². The summed E-state index contributed by atoms with van der Waals surface area (Å²) in [7, 11) is 0. The predicted molar refractivity (Wildman–Crippen MR) is 90.7 cm³/mol. The van der Waals surface area contributed by atoms with Crippen molar-refractivity contribution in [3.63, 3.8) is 0 Å². The molecule has 0 amide bonds. The van der Waals surface area contributed by atoms with Gasteiger partial charge in [0.25, 0.3) is 0 Å². The van der Waals surface area contributed by atoms with Crippen molar-refractivity contribution in [1.82, 2.24) is 4.57 Å². The third kappa shape index (κ3) is 4.84. The zero-order chi connectivity index (χ0) is 36.9. The van der Waals surface area contributed by atoms with Crippen molar-refractivity contribution in [2.75, 3.05) is 0 Å². The summed E-state index contributed by atoms with van der Waals surface area (Å²) in [6, 6.07) is -8.05. The maximum atomic E-state index is 14.2. The van der Waals surface area contributed by atoms with E-state index in [1.54, 1.807) is 0 Å². The molecule has 0 fully saturated rings. The first-order chi connectivity index (χ1) is 19.2. The first-order valence-corrected chi connectivity index (χ1v) is 10.5. The molecule has 266 valence electrons. The van der Waals surface area contributed by atoms with E-state index in [1.165, 1.54) is 0 Å². The van der Waals surface area contributed by atoms with Gasteiger partial charge in [-0.2, -0.15) is 114 Å². The van der Waals surface area contributed by atoms with Gasteiger partial charge in [-0.3, -0.25) is 0 Å². The molecule has 0 bridgehead atoms. The Balaban J connectivity index is 3.90. The summed E-state index contributed by atoms with van der Waals surface area (Å²) in [5.41, 5.74) is 0. The number of alkyl halides is 25. The van der Waals surface area contributed by atoms with Crippen LogP contribution in [0.1, 0.15) is 19.9 Å². The van der Waals surface area contributed by atoms with Crippen LogP contribution in [0.15, 0.2) is 18.7 Å². The minimum absolute atomic E-state index is 0.286. The summed E-state index contributed by atoms with van der Waals surface area (Å²) < 4.78 is 336. The van der Waals surface area contributed by atoms with Crippen molar-refractivity contribution in [3.8, 4) is 0 Å². The predicted octanol–water partition coefficient (Wildman–Crippen LogP) is 8.82. The molecule has 2 nitrogen and oxygen atoms in total. The Morgan fingerprint density at radius 1 is 0.400 bits per heavy atom. The Kier molecular flexibility index (Phi) is 9.20. The summed E-state index contributed by atoms with van der Waals surface area (Å²) in [5.74, 6) is -91.6. The van der Waals surface area contributed by atoms with E-state index in [-0.39, 0.29) is 18.7 Å². The third-order valence-electron chi connectivity index (χ3n) is 5.86. The van der Waals surface area contributed by atoms with Gasteiger partial charge < -0.3 is 0 Å². The molecule has 0 aliphatic rings. The average Bonchev–Trinajstić information content (AvgIpc) is 3.33. The van der Waals surface area contributed by atoms with E-state index >= 15 is 0 Å². The number of hydrogen-bond acceptors (Lipinski definition) is 0. The molecule has 1 rings (SSSR count). The second kappa shape index (κ2) is 10.2. The highest BCUT2D eigenvalue weighted by molar-refractivity contribution is 5.19. The van der Waals surface area contributed by atoms with Gasteiger partial charge >= 0.3 is 71.4 Å². The molecule has 45 heavy (non-hydrogen) atoms. The first-order valence-electron chi connectivity index (χ1n) is 10.5. The van der Waals surface area contributed by atoms with E-state index in [0.717, 1.165) is 13.8 Å². The Labute approximate surface area is 230 Å². The van der Waals surface area contributed by atoms with Gasteiger partial charge in [-0.05, 0) is 13.8 Å². The molecule has 1 heterocycles. The van der Waals surface area contributed by atoms with Crippen LogP contribution in [0, 0.1) is 0 Å². The standard InChI is InChI=1S/C18H10F25N2/c1-6(2)44-3-4-45(5-44)18(42,43)16(37,38)14(33,34)12(29,30)10(25,26)8(21,22)7(19,20)9(23,24)11(27,28)13(31,32)15(35,36)17(39,40)41/h3-6H,1-2H3/q+1. The van der Waals surface area contributed by atoms with Gasteiger partial charge in [0.15, 0.2) is 0 Å². The van der Waals surface area contributed by atoms with Gasteiger partial charge in [0.2, 0.25) is 6.33 Å². The summed E-state index contributed by atoms with van der Waals surface area (Å²) in [6.45, 7) is 2.09. The van der Waals surface area contributed by atoms with Crippen LogP contribution < -0.4 is 4.57 Å². The van der Waals surface area contributed by atoms with E-state index in [4.69, 9.17) is 0 Å². The second-order valence-electron chi connectivity index (χ2n) is 9.14. The first kappa shape index (κ1) is 40.5. The normalized spacial score (nSPS) is 16.5. The molecular formula is C18H10F25N2+. The van der Waals surface area contributed by atoms with Crippen molar-refractivity contribution >= 4 is 0 Å². The molecule has 0 unspecified atom stereocenters. The number of halogens is 25. The lowest BCUT2D eigenvalue weighted by Gasteiger charge is -2.45. The SMILES string of the molecule is CC(C)[n+]1ccn(C(F)(F)C(F)(F)C(F)(F)C(F)(F)C(F)(F)C(F)(F)C(F)(F)C(F)(F)C(F)(F)C(F)(F)C(F)(F)C(F)(F)F)c1. The average molecular weight is 729 g/mol. The van der Waals surface area contributed by atoms with Crippen LogP contribution in [-0.4, -0.2) is 70.0 Å². The molecule has 1 aromatic heterocycles. The monoisotopic (exact) mass is 729 g/mol. The van der Waals surface area contributed by atoms with E-state index in [2.05, 4.69) is 0 Å². The molecule has 0 atom stereocenters. The molecule has 0 saturated heterocycles. The topological polar surface area (TPSA) is 8.81 Å². The largest absolute Gasteiger partial charge is 0.469 e. The Morgan fingerprint density at radius 2 is 0.644 bits per heavy atom. The van der Waals surface area contributed by atoms with E-state index < -0.39 is 82.1 Å². The van der Waals surface area contributed by atoms with Crippen LogP contribution >= 0.6 is 0 Å². The molecule has 0 aromatic carbocycles. The third-order valence-corrected chi connectivity index (χ3v) is 5.86. The fraction of sp³-hybridized carbons (Fsp3) is 0.833. The molecule has 0 saturated carbocycles. The highest BCUT2D eigenvalue weighted by atomic mass is 19.4. The van der Waals surface area contributed by atoms with Gasteiger partial charge in [0.05, 0.1) is 6.04 Å². The number of hydrogen-bond donors (Lipinski definition) is 0. The van der Waals surface area contributed by atoms with Crippen molar-refractivity contribution in [2.24, 2.45) is 0 Å². The number of aromatic nitrogens is 2. The van der Waals surface area contributed by atoms with E-state index in [1.807, 2.05) is 0 Å². The fourth-order valence-corrected chi connectivity index (χ4v) is 2.95. The van der Waals surface area contributed by atoms with Crippen molar-refractivity contribution in [1.29, 1.82) is 0 Å². The van der Waals surface area contributed by atoms with Gasteiger partial charge in [0.1, 0.15) is 12.4 Å². The van der Waals surface area contributed by atoms with E-state index in [0.29, 0.717) is 4.57 Å². The van der Waals surface area contributed by atoms with Crippen LogP contribution in [0.2, 0.25) is 0 Å². The van der Waals surface area contributed by atoms with Crippen molar-refractivity contribution in [2.45, 2.75) is 91.3 Å². The van der Waals surface area contributed by atoms with Crippen LogP contribution in [0.3, 0.4) is 0 Å². The molecule has 0 spiro atoms. The highest BCUT2D eigenvalue weighted by Gasteiger charge is 3.00. The fourth-order valence-electron chi connectivity index (χ4n) is 2.95. The van der Waals surface area contributed by atoms with Crippen LogP contribution in [0.5, 0.6) is 0 Å². The molecular weight excluding hydrogens is 719 g/mol. The van der Waals surface area contributed by atoms with E-state index in [9.17, 15) is 110 Å². The maximum absolute atomic E-state index is 14.2. The number of imidazole rings is 1. The van der Waals surface area contributed by atoms with Crippen molar-refractivity contribution in [3.05, 3.63) is 18.7 Å². The lowest BCUT2D eigenvalue weighted by Crippen LogP contribution is -2.78. The summed E-state index contributed by atoms with van der Waals surface area (Å²) in [6.07, 6.45) is -8.60. The molecule has 0 radical (unpaired) electrons. The second-order valence-corrected chi connectivity index (χ2v) is 9.14. The molecule has 0 aliphatic carbocycles. The minimum Gasteiger partial charge on any atom is -0.235 e. The molecule has 1 aromatic rings. The van der Waals surface area contributed by atoms with Crippen LogP contribution in [-0.2, 0) is 6.05 Å². The van der Waals surface area contributed by atoms with Crippen LogP contribution in [0.4, 0.5) is 110 Å².